The van der Waals surface area contributed by atoms with E-state index in [1.807, 2.05) is 0 Å². The summed E-state index contributed by atoms with van der Waals surface area (Å²) in [5.41, 5.74) is 0.386. The van der Waals surface area contributed by atoms with E-state index in [4.69, 9.17) is 34.8 Å². The fourth-order valence-electron chi connectivity index (χ4n) is 1.86. The van der Waals surface area contributed by atoms with Crippen LogP contribution in [0.2, 0.25) is 15.1 Å². The smallest absolute Gasteiger partial charge is 0.238 e. The summed E-state index contributed by atoms with van der Waals surface area (Å²) < 4.78 is 0. The molecule has 0 radical (unpaired) electrons. The lowest BCUT2D eigenvalue weighted by Crippen LogP contribution is -2.39. The van der Waals surface area contributed by atoms with Crippen LogP contribution in [0.4, 0.5) is 5.69 Å². The molecule has 1 saturated carbocycles. The molecule has 0 unspecified atom stereocenters. The molecule has 1 aliphatic carbocycles. The summed E-state index contributed by atoms with van der Waals surface area (Å²) in [7, 11) is 1.70. The number of hydrogen-bond donors (Lipinski definition) is 2. The van der Waals surface area contributed by atoms with E-state index in [0.29, 0.717) is 26.8 Å². The van der Waals surface area contributed by atoms with Gasteiger partial charge < -0.3 is 10.6 Å². The number of nitrogens with zero attached hydrogens (tertiary/aromatic N) is 1. The van der Waals surface area contributed by atoms with Crippen LogP contribution in [0.3, 0.4) is 0 Å². The maximum absolute atomic E-state index is 12.0. The Bertz CT molecular complexity index is 591. The minimum Gasteiger partial charge on any atom is -0.352 e. The molecule has 0 heterocycles. The van der Waals surface area contributed by atoms with Crippen LogP contribution < -0.4 is 10.6 Å². The van der Waals surface area contributed by atoms with Gasteiger partial charge in [0, 0.05) is 6.04 Å². The van der Waals surface area contributed by atoms with Gasteiger partial charge in [-0.2, -0.15) is 0 Å². The van der Waals surface area contributed by atoms with Crippen molar-refractivity contribution in [3.05, 3.63) is 27.2 Å². The van der Waals surface area contributed by atoms with E-state index < -0.39 is 0 Å². The fourth-order valence-corrected chi connectivity index (χ4v) is 2.45. The first-order valence-corrected chi connectivity index (χ1v) is 7.91. The van der Waals surface area contributed by atoms with E-state index in [2.05, 4.69) is 10.6 Å². The number of anilines is 1. The van der Waals surface area contributed by atoms with Crippen LogP contribution in [0.5, 0.6) is 0 Å². The van der Waals surface area contributed by atoms with Gasteiger partial charge in [0.05, 0.1) is 33.8 Å². The number of benzene rings is 1. The van der Waals surface area contributed by atoms with E-state index in [1.165, 1.54) is 12.1 Å². The topological polar surface area (TPSA) is 61.4 Å². The Balaban J connectivity index is 1.84. The quantitative estimate of drug-likeness (QED) is 0.763. The van der Waals surface area contributed by atoms with Crippen LogP contribution in [0.25, 0.3) is 0 Å². The maximum Gasteiger partial charge on any atom is 0.238 e. The highest BCUT2D eigenvalue weighted by atomic mass is 35.5. The predicted molar refractivity (Wildman–Crippen MR) is 88.8 cm³/mol. The van der Waals surface area contributed by atoms with Crippen molar-refractivity contribution >= 4 is 52.3 Å². The Kier molecular flexibility index (Phi) is 5.92. The second-order valence-electron chi connectivity index (χ2n) is 5.31. The van der Waals surface area contributed by atoms with Crippen molar-refractivity contribution in [1.82, 2.24) is 10.2 Å². The molecule has 2 rings (SSSR count). The van der Waals surface area contributed by atoms with Gasteiger partial charge in [-0.25, -0.2) is 0 Å². The lowest BCUT2D eigenvalue weighted by molar-refractivity contribution is -0.123. The molecule has 1 aromatic carbocycles. The Morgan fingerprint density at radius 2 is 1.68 bits per heavy atom. The molecule has 22 heavy (non-hydrogen) atoms. The third-order valence-corrected chi connectivity index (χ3v) is 4.09. The number of halogens is 3. The van der Waals surface area contributed by atoms with Gasteiger partial charge in [0.2, 0.25) is 11.8 Å². The van der Waals surface area contributed by atoms with Gasteiger partial charge in [-0.3, -0.25) is 14.5 Å². The van der Waals surface area contributed by atoms with Crippen molar-refractivity contribution < 1.29 is 9.59 Å². The van der Waals surface area contributed by atoms with Crippen LogP contribution in [0.1, 0.15) is 12.8 Å². The first-order chi connectivity index (χ1) is 10.3. The second kappa shape index (κ2) is 7.51. The second-order valence-corrected chi connectivity index (χ2v) is 6.53. The van der Waals surface area contributed by atoms with Crippen LogP contribution in [-0.4, -0.2) is 42.9 Å². The number of carbonyl (C=O) groups excluding carboxylic acids is 2. The Hall–Kier alpha value is -1.01. The highest BCUT2D eigenvalue weighted by Gasteiger charge is 2.23. The zero-order valence-electron chi connectivity index (χ0n) is 12.0. The van der Waals surface area contributed by atoms with Crippen molar-refractivity contribution in [2.75, 3.05) is 25.5 Å². The largest absolute Gasteiger partial charge is 0.352 e. The Labute approximate surface area is 143 Å². The zero-order chi connectivity index (χ0) is 16.3. The standard InChI is InChI=1S/C14H16Cl3N3O2/c1-20(6-13(21)18-8-2-3-8)7-14(22)19-12-5-10(16)9(15)4-11(12)17/h4-5,8H,2-3,6-7H2,1H3,(H,18,21)(H,19,22). The molecular formula is C14H16Cl3N3O2. The Morgan fingerprint density at radius 3 is 2.32 bits per heavy atom. The van der Waals surface area contributed by atoms with E-state index in [9.17, 15) is 9.59 Å². The third-order valence-electron chi connectivity index (χ3n) is 3.05. The number of nitrogens with one attached hydrogen (secondary N) is 2. The first-order valence-electron chi connectivity index (χ1n) is 6.77. The molecule has 0 spiro atoms. The van der Waals surface area contributed by atoms with E-state index in [0.717, 1.165) is 12.8 Å². The SMILES string of the molecule is CN(CC(=O)Nc1cc(Cl)c(Cl)cc1Cl)CC(=O)NC1CC1. The molecule has 1 aromatic rings. The van der Waals surface area contributed by atoms with Crippen molar-refractivity contribution in [2.45, 2.75) is 18.9 Å². The van der Waals surface area contributed by atoms with Crippen LogP contribution in [-0.2, 0) is 9.59 Å². The summed E-state index contributed by atoms with van der Waals surface area (Å²) in [5.74, 6) is -0.368. The molecule has 5 nitrogen and oxygen atoms in total. The summed E-state index contributed by atoms with van der Waals surface area (Å²) in [6.07, 6.45) is 2.07. The molecule has 2 N–H and O–H groups in total. The number of carbonyl (C=O) groups is 2. The third kappa shape index (κ3) is 5.32. The fraction of sp³-hybridized carbons (Fsp3) is 0.429. The van der Waals surface area contributed by atoms with Crippen LogP contribution in [0.15, 0.2) is 12.1 Å². The number of likely N-dealkylation sites (N-methyl/N-ethyl adjacent to an activating group) is 1. The van der Waals surface area contributed by atoms with Gasteiger partial charge >= 0.3 is 0 Å². The van der Waals surface area contributed by atoms with Gasteiger partial charge in [0.15, 0.2) is 0 Å². The summed E-state index contributed by atoms with van der Waals surface area (Å²) in [6, 6.07) is 3.27. The molecule has 1 fully saturated rings. The van der Waals surface area contributed by atoms with Crippen molar-refractivity contribution in [1.29, 1.82) is 0 Å². The Morgan fingerprint density at radius 1 is 1.09 bits per heavy atom. The molecule has 0 atom stereocenters. The highest BCUT2D eigenvalue weighted by molar-refractivity contribution is 6.44. The van der Waals surface area contributed by atoms with E-state index in [-0.39, 0.29) is 24.9 Å². The maximum atomic E-state index is 12.0. The summed E-state index contributed by atoms with van der Waals surface area (Å²) >= 11 is 17.7. The van der Waals surface area contributed by atoms with Crippen molar-refractivity contribution in [3.8, 4) is 0 Å². The molecule has 0 aromatic heterocycles. The summed E-state index contributed by atoms with van der Waals surface area (Å²) in [5, 5.41) is 6.44. The molecule has 0 aliphatic heterocycles. The minimum atomic E-state index is -0.290. The average Bonchev–Trinajstić information content (AvgIpc) is 3.19. The van der Waals surface area contributed by atoms with Crippen molar-refractivity contribution in [2.24, 2.45) is 0 Å². The molecule has 0 saturated heterocycles. The van der Waals surface area contributed by atoms with E-state index >= 15 is 0 Å². The first kappa shape index (κ1) is 17.3. The lowest BCUT2D eigenvalue weighted by Gasteiger charge is -2.16. The van der Waals surface area contributed by atoms with Gasteiger partial charge in [0.25, 0.3) is 0 Å². The van der Waals surface area contributed by atoms with Gasteiger partial charge in [-0.05, 0) is 32.0 Å². The molecule has 2 amide bonds. The van der Waals surface area contributed by atoms with Crippen LogP contribution >= 0.6 is 34.8 Å². The number of hydrogen-bond acceptors (Lipinski definition) is 3. The van der Waals surface area contributed by atoms with E-state index in [1.54, 1.807) is 11.9 Å². The monoisotopic (exact) mass is 363 g/mol. The van der Waals surface area contributed by atoms with Crippen LogP contribution in [0, 0.1) is 0 Å². The highest BCUT2D eigenvalue weighted by Crippen LogP contribution is 2.32. The summed E-state index contributed by atoms with van der Waals surface area (Å²) in [6.45, 7) is 0.230. The zero-order valence-corrected chi connectivity index (χ0v) is 14.2. The lowest BCUT2D eigenvalue weighted by atomic mass is 10.3. The number of amides is 2. The minimum absolute atomic E-state index is 0.0641. The molecule has 8 heteroatoms. The normalized spacial score (nSPS) is 14.0. The van der Waals surface area contributed by atoms with Gasteiger partial charge in [-0.15, -0.1) is 0 Å². The van der Waals surface area contributed by atoms with Crippen molar-refractivity contribution in [3.63, 3.8) is 0 Å². The molecule has 0 bridgehead atoms. The van der Waals surface area contributed by atoms with Gasteiger partial charge in [0.1, 0.15) is 0 Å². The average molecular weight is 365 g/mol. The summed E-state index contributed by atoms with van der Waals surface area (Å²) in [4.78, 5) is 25.2. The molecule has 1 aliphatic rings. The molecule has 120 valence electrons. The van der Waals surface area contributed by atoms with Gasteiger partial charge in [-0.1, -0.05) is 34.8 Å². The molecular weight excluding hydrogens is 349 g/mol. The predicted octanol–water partition coefficient (Wildman–Crippen LogP) is 2.80. The number of rotatable bonds is 6.